The van der Waals surface area contributed by atoms with Crippen molar-refractivity contribution in [1.29, 1.82) is 0 Å². The third-order valence-corrected chi connectivity index (χ3v) is 3.08. The molecule has 1 saturated heterocycles. The van der Waals surface area contributed by atoms with Crippen LogP contribution in [0.2, 0.25) is 0 Å². The van der Waals surface area contributed by atoms with Gasteiger partial charge in [-0.15, -0.1) is 0 Å². The molecule has 2 nitrogen and oxygen atoms in total. The normalized spacial score (nSPS) is 22.8. The van der Waals surface area contributed by atoms with Gasteiger partial charge >= 0.3 is 0 Å². The molecule has 0 aromatic carbocycles. The lowest BCUT2D eigenvalue weighted by molar-refractivity contribution is -0.111. The van der Waals surface area contributed by atoms with Crippen LogP contribution in [0.25, 0.3) is 0 Å². The summed E-state index contributed by atoms with van der Waals surface area (Å²) in [4.78, 5) is 12.0. The number of thiocarbonyl (C=S) groups is 1. The van der Waals surface area contributed by atoms with Gasteiger partial charge in [0.15, 0.2) is 0 Å². The summed E-state index contributed by atoms with van der Waals surface area (Å²) >= 11 is 6.47. The minimum absolute atomic E-state index is 0.00551. The summed E-state index contributed by atoms with van der Waals surface area (Å²) in [5.41, 5.74) is 0. The molecule has 12 heavy (non-hydrogen) atoms. The van der Waals surface area contributed by atoms with Gasteiger partial charge in [0.05, 0.1) is 11.0 Å². The zero-order valence-electron chi connectivity index (χ0n) is 7.13. The maximum atomic E-state index is 11.2. The highest BCUT2D eigenvalue weighted by Crippen LogP contribution is 2.19. The highest BCUT2D eigenvalue weighted by Gasteiger charge is 2.25. The standard InChI is InChI=1S/C8H13NOS2/c1-2-3-7(11)9-6-4-5-12-8(6)10/h6H,2-5H2,1H3,(H,9,11)/t6-/m0/s1. The first-order chi connectivity index (χ1) is 5.74. The molecule has 1 rings (SSSR count). The maximum Gasteiger partial charge on any atom is 0.211 e. The number of thioether (sulfide) groups is 1. The van der Waals surface area contributed by atoms with E-state index in [1.807, 2.05) is 0 Å². The van der Waals surface area contributed by atoms with Gasteiger partial charge in [0.25, 0.3) is 0 Å². The fraction of sp³-hybridized carbons (Fsp3) is 0.750. The van der Waals surface area contributed by atoms with Crippen LogP contribution in [0.3, 0.4) is 0 Å². The second-order valence-corrected chi connectivity index (χ2v) is 4.42. The molecule has 0 unspecified atom stereocenters. The van der Waals surface area contributed by atoms with Crippen LogP contribution in [0.1, 0.15) is 26.2 Å². The number of nitrogens with one attached hydrogen (secondary N) is 1. The minimum atomic E-state index is -0.00551. The summed E-state index contributed by atoms with van der Waals surface area (Å²) in [6, 6.07) is -0.00551. The van der Waals surface area contributed by atoms with Crippen LogP contribution >= 0.6 is 24.0 Å². The van der Waals surface area contributed by atoms with E-state index in [1.54, 1.807) is 0 Å². The first kappa shape index (κ1) is 9.99. The number of hydrogen-bond donors (Lipinski definition) is 1. The van der Waals surface area contributed by atoms with Crippen molar-refractivity contribution in [3.8, 4) is 0 Å². The number of carbonyl (C=O) groups is 1. The fourth-order valence-corrected chi connectivity index (χ4v) is 2.40. The fourth-order valence-electron chi connectivity index (χ4n) is 1.12. The van der Waals surface area contributed by atoms with E-state index in [2.05, 4.69) is 12.2 Å². The molecule has 68 valence electrons. The van der Waals surface area contributed by atoms with Crippen molar-refractivity contribution < 1.29 is 4.79 Å². The van der Waals surface area contributed by atoms with Crippen LogP contribution < -0.4 is 5.32 Å². The van der Waals surface area contributed by atoms with Crippen molar-refractivity contribution in [2.24, 2.45) is 0 Å². The largest absolute Gasteiger partial charge is 0.369 e. The average Bonchev–Trinajstić information content (AvgIpc) is 2.37. The minimum Gasteiger partial charge on any atom is -0.369 e. The van der Waals surface area contributed by atoms with Gasteiger partial charge < -0.3 is 5.32 Å². The summed E-state index contributed by atoms with van der Waals surface area (Å²) in [6.45, 7) is 2.08. The third-order valence-electron chi connectivity index (χ3n) is 1.75. The van der Waals surface area contributed by atoms with Crippen LogP contribution in [0, 0.1) is 0 Å². The molecule has 0 aromatic rings. The van der Waals surface area contributed by atoms with Crippen molar-refractivity contribution in [3.05, 3.63) is 0 Å². The lowest BCUT2D eigenvalue weighted by Gasteiger charge is -2.11. The predicted molar refractivity (Wildman–Crippen MR) is 56.5 cm³/mol. The van der Waals surface area contributed by atoms with Gasteiger partial charge in [-0.2, -0.15) is 0 Å². The van der Waals surface area contributed by atoms with Gasteiger partial charge in [0.2, 0.25) is 5.12 Å². The van der Waals surface area contributed by atoms with Crippen molar-refractivity contribution in [3.63, 3.8) is 0 Å². The van der Waals surface area contributed by atoms with Crippen molar-refractivity contribution in [2.75, 3.05) is 5.75 Å². The Morgan fingerprint density at radius 2 is 2.58 bits per heavy atom. The SMILES string of the molecule is CCCC(=S)N[C@H]1CCSC1=O. The second-order valence-electron chi connectivity index (χ2n) is 2.83. The van der Waals surface area contributed by atoms with E-state index in [1.165, 1.54) is 11.8 Å². The molecule has 0 spiro atoms. The van der Waals surface area contributed by atoms with E-state index in [0.717, 1.165) is 30.0 Å². The number of rotatable bonds is 3. The Morgan fingerprint density at radius 1 is 1.83 bits per heavy atom. The Morgan fingerprint density at radius 3 is 3.08 bits per heavy atom. The first-order valence-corrected chi connectivity index (χ1v) is 5.59. The van der Waals surface area contributed by atoms with Crippen LogP contribution in [0.15, 0.2) is 0 Å². The topological polar surface area (TPSA) is 29.1 Å². The number of hydrogen-bond acceptors (Lipinski definition) is 3. The van der Waals surface area contributed by atoms with Crippen molar-refractivity contribution in [2.45, 2.75) is 32.2 Å². The van der Waals surface area contributed by atoms with E-state index in [4.69, 9.17) is 12.2 Å². The van der Waals surface area contributed by atoms with Crippen molar-refractivity contribution >= 4 is 34.1 Å². The molecule has 0 radical (unpaired) electrons. The predicted octanol–water partition coefficient (Wildman–Crippen LogP) is 1.74. The van der Waals surface area contributed by atoms with Gasteiger partial charge in [-0.05, 0) is 19.3 Å². The van der Waals surface area contributed by atoms with Crippen LogP contribution in [0.4, 0.5) is 0 Å². The molecule has 1 atom stereocenters. The molecular weight excluding hydrogens is 190 g/mol. The summed E-state index contributed by atoms with van der Waals surface area (Å²) in [6.07, 6.45) is 2.86. The van der Waals surface area contributed by atoms with Crippen molar-refractivity contribution in [1.82, 2.24) is 5.32 Å². The zero-order chi connectivity index (χ0) is 8.97. The van der Waals surface area contributed by atoms with Crippen LogP contribution in [-0.4, -0.2) is 21.9 Å². The Bertz CT molecular complexity index is 193. The van der Waals surface area contributed by atoms with E-state index in [-0.39, 0.29) is 11.2 Å². The van der Waals surface area contributed by atoms with E-state index in [0.29, 0.717) is 0 Å². The molecular formula is C8H13NOS2. The second kappa shape index (κ2) is 4.82. The van der Waals surface area contributed by atoms with Gasteiger partial charge in [-0.3, -0.25) is 4.79 Å². The molecule has 1 heterocycles. The lowest BCUT2D eigenvalue weighted by atomic mass is 10.2. The molecule has 0 saturated carbocycles. The summed E-state index contributed by atoms with van der Waals surface area (Å²) in [5, 5.41) is 3.33. The molecule has 0 amide bonds. The smallest absolute Gasteiger partial charge is 0.211 e. The first-order valence-electron chi connectivity index (χ1n) is 4.20. The van der Waals surface area contributed by atoms with Gasteiger partial charge in [-0.25, -0.2) is 0 Å². The molecule has 0 bridgehead atoms. The number of carbonyl (C=O) groups excluding carboxylic acids is 1. The Kier molecular flexibility index (Phi) is 4.01. The van der Waals surface area contributed by atoms with E-state index >= 15 is 0 Å². The molecule has 1 N–H and O–H groups in total. The van der Waals surface area contributed by atoms with Gasteiger partial charge in [-0.1, -0.05) is 30.9 Å². The quantitative estimate of drug-likeness (QED) is 0.707. The summed E-state index contributed by atoms with van der Waals surface area (Å²) in [5.74, 6) is 0.936. The van der Waals surface area contributed by atoms with Gasteiger partial charge in [0.1, 0.15) is 0 Å². The molecule has 4 heteroatoms. The summed E-state index contributed by atoms with van der Waals surface area (Å²) in [7, 11) is 0. The van der Waals surface area contributed by atoms with Crippen LogP contribution in [0.5, 0.6) is 0 Å². The Hall–Kier alpha value is -0.0900. The molecule has 0 aromatic heterocycles. The monoisotopic (exact) mass is 203 g/mol. The maximum absolute atomic E-state index is 11.2. The molecule has 1 fully saturated rings. The zero-order valence-corrected chi connectivity index (χ0v) is 8.76. The Labute approximate surface area is 82.5 Å². The molecule has 1 aliphatic rings. The average molecular weight is 203 g/mol. The molecule has 1 aliphatic heterocycles. The Balaban J connectivity index is 2.30. The highest BCUT2D eigenvalue weighted by molar-refractivity contribution is 8.14. The van der Waals surface area contributed by atoms with Gasteiger partial charge in [0, 0.05) is 5.75 Å². The highest BCUT2D eigenvalue weighted by atomic mass is 32.2. The van der Waals surface area contributed by atoms with Crippen LogP contribution in [-0.2, 0) is 4.79 Å². The summed E-state index contributed by atoms with van der Waals surface area (Å²) < 4.78 is 0. The lowest BCUT2D eigenvalue weighted by Crippen LogP contribution is -2.35. The van der Waals surface area contributed by atoms with E-state index < -0.39 is 0 Å². The van der Waals surface area contributed by atoms with E-state index in [9.17, 15) is 4.79 Å². The third kappa shape index (κ3) is 2.75. The molecule has 0 aliphatic carbocycles.